The quantitative estimate of drug-likeness (QED) is 0.697. The number of rotatable bonds is 6. The van der Waals surface area contributed by atoms with Gasteiger partial charge in [-0.25, -0.2) is 0 Å². The molecule has 0 saturated carbocycles. The summed E-state index contributed by atoms with van der Waals surface area (Å²) < 4.78 is 5.25. The molecule has 0 aliphatic carbocycles. The number of anilines is 2. The number of amides is 2. The van der Waals surface area contributed by atoms with Gasteiger partial charge in [-0.1, -0.05) is 29.4 Å². The fourth-order valence-corrected chi connectivity index (χ4v) is 2.57. The molecule has 0 aliphatic rings. The van der Waals surface area contributed by atoms with Gasteiger partial charge in [-0.2, -0.15) is 4.98 Å². The Kier molecular flexibility index (Phi) is 5.61. The van der Waals surface area contributed by atoms with Crippen molar-refractivity contribution < 1.29 is 14.1 Å². The van der Waals surface area contributed by atoms with Crippen molar-refractivity contribution in [2.45, 2.75) is 26.7 Å². The van der Waals surface area contributed by atoms with Crippen LogP contribution in [0.15, 0.2) is 53.1 Å². The molecular weight excluding hydrogens is 344 g/mol. The van der Waals surface area contributed by atoms with Gasteiger partial charge < -0.3 is 15.2 Å². The van der Waals surface area contributed by atoms with Crippen molar-refractivity contribution in [1.29, 1.82) is 0 Å². The van der Waals surface area contributed by atoms with Crippen LogP contribution in [0.4, 0.5) is 11.4 Å². The molecule has 0 unspecified atom stereocenters. The Balaban J connectivity index is 1.54. The van der Waals surface area contributed by atoms with Crippen molar-refractivity contribution in [1.82, 2.24) is 10.1 Å². The maximum absolute atomic E-state index is 12.1. The number of nitrogens with zero attached hydrogens (tertiary/aromatic N) is 2. The molecule has 7 heteroatoms. The number of nitrogens with one attached hydrogen (secondary N) is 2. The van der Waals surface area contributed by atoms with E-state index in [0.29, 0.717) is 29.5 Å². The number of aryl methyl sites for hydroxylation is 2. The topological polar surface area (TPSA) is 97.1 Å². The van der Waals surface area contributed by atoms with E-state index in [2.05, 4.69) is 20.8 Å². The van der Waals surface area contributed by atoms with Gasteiger partial charge in [0.1, 0.15) is 0 Å². The average Bonchev–Trinajstić information content (AvgIpc) is 3.10. The van der Waals surface area contributed by atoms with Crippen LogP contribution in [0.5, 0.6) is 0 Å². The van der Waals surface area contributed by atoms with Crippen molar-refractivity contribution in [3.8, 4) is 11.4 Å². The number of hydrogen-bond acceptors (Lipinski definition) is 5. The van der Waals surface area contributed by atoms with Crippen molar-refractivity contribution in [2.24, 2.45) is 0 Å². The predicted octanol–water partition coefficient (Wildman–Crippen LogP) is 3.57. The van der Waals surface area contributed by atoms with E-state index in [0.717, 1.165) is 11.1 Å². The first kappa shape index (κ1) is 18.3. The standard InChI is InChI=1S/C20H20N4O3/c1-13-5-3-4-6-17(13)20-23-19(27-24-20)12-11-18(26)22-16-9-7-15(8-10-16)21-14(2)25/h3-10H,11-12H2,1-2H3,(H,21,25)(H,22,26). The highest BCUT2D eigenvalue weighted by molar-refractivity contribution is 5.92. The van der Waals surface area contributed by atoms with Gasteiger partial charge >= 0.3 is 0 Å². The molecular formula is C20H20N4O3. The Morgan fingerprint density at radius 1 is 1.00 bits per heavy atom. The summed E-state index contributed by atoms with van der Waals surface area (Å²) in [6.07, 6.45) is 0.581. The normalized spacial score (nSPS) is 10.4. The highest BCUT2D eigenvalue weighted by atomic mass is 16.5. The maximum Gasteiger partial charge on any atom is 0.227 e. The number of carbonyl (C=O) groups is 2. The molecule has 0 fully saturated rings. The zero-order valence-electron chi connectivity index (χ0n) is 15.2. The van der Waals surface area contributed by atoms with Gasteiger partial charge in [0.15, 0.2) is 0 Å². The largest absolute Gasteiger partial charge is 0.339 e. The summed E-state index contributed by atoms with van der Waals surface area (Å²) in [7, 11) is 0. The molecule has 0 radical (unpaired) electrons. The van der Waals surface area contributed by atoms with Crippen LogP contribution < -0.4 is 10.6 Å². The minimum atomic E-state index is -0.155. The number of aromatic nitrogens is 2. The van der Waals surface area contributed by atoms with Crippen LogP contribution in [0.25, 0.3) is 11.4 Å². The van der Waals surface area contributed by atoms with Crippen LogP contribution >= 0.6 is 0 Å². The van der Waals surface area contributed by atoms with Crippen LogP contribution in [0.3, 0.4) is 0 Å². The van der Waals surface area contributed by atoms with E-state index in [1.165, 1.54) is 6.92 Å². The van der Waals surface area contributed by atoms with E-state index < -0.39 is 0 Å². The monoisotopic (exact) mass is 364 g/mol. The molecule has 0 aliphatic heterocycles. The summed E-state index contributed by atoms with van der Waals surface area (Å²) in [5, 5.41) is 9.46. The first-order valence-electron chi connectivity index (χ1n) is 8.57. The average molecular weight is 364 g/mol. The van der Waals surface area contributed by atoms with Crippen molar-refractivity contribution >= 4 is 23.2 Å². The first-order chi connectivity index (χ1) is 13.0. The van der Waals surface area contributed by atoms with Crippen LogP contribution in [0, 0.1) is 6.92 Å². The highest BCUT2D eigenvalue weighted by Crippen LogP contribution is 2.20. The third kappa shape index (κ3) is 5.01. The first-order valence-corrected chi connectivity index (χ1v) is 8.57. The predicted molar refractivity (Wildman–Crippen MR) is 102 cm³/mol. The molecule has 27 heavy (non-hydrogen) atoms. The Bertz CT molecular complexity index is 948. The lowest BCUT2D eigenvalue weighted by atomic mass is 10.1. The smallest absolute Gasteiger partial charge is 0.227 e. The lowest BCUT2D eigenvalue weighted by Gasteiger charge is -2.06. The lowest BCUT2D eigenvalue weighted by Crippen LogP contribution is -2.12. The molecule has 2 aromatic carbocycles. The summed E-state index contributed by atoms with van der Waals surface area (Å²) in [6.45, 7) is 3.42. The third-order valence-corrected chi connectivity index (χ3v) is 3.91. The molecule has 0 saturated heterocycles. The Morgan fingerprint density at radius 3 is 2.33 bits per heavy atom. The second kappa shape index (κ2) is 8.27. The molecule has 2 N–H and O–H groups in total. The van der Waals surface area contributed by atoms with Gasteiger partial charge in [0, 0.05) is 36.7 Å². The summed E-state index contributed by atoms with van der Waals surface area (Å²) in [5.74, 6) is 0.649. The molecule has 0 bridgehead atoms. The van der Waals surface area contributed by atoms with Crippen LogP contribution in [0.1, 0.15) is 24.8 Å². The van der Waals surface area contributed by atoms with Gasteiger partial charge in [0.25, 0.3) is 0 Å². The van der Waals surface area contributed by atoms with Gasteiger partial charge in [-0.3, -0.25) is 9.59 Å². The molecule has 0 spiro atoms. The lowest BCUT2D eigenvalue weighted by molar-refractivity contribution is -0.116. The SMILES string of the molecule is CC(=O)Nc1ccc(NC(=O)CCc2nc(-c3ccccc3C)no2)cc1. The number of hydrogen-bond donors (Lipinski definition) is 2. The van der Waals surface area contributed by atoms with Crippen molar-refractivity contribution in [2.75, 3.05) is 10.6 Å². The van der Waals surface area contributed by atoms with Crippen LogP contribution in [-0.4, -0.2) is 22.0 Å². The minimum absolute atomic E-state index is 0.142. The van der Waals surface area contributed by atoms with Crippen molar-refractivity contribution in [3.63, 3.8) is 0 Å². The molecule has 3 aromatic rings. The van der Waals surface area contributed by atoms with Crippen molar-refractivity contribution in [3.05, 3.63) is 60.0 Å². The number of benzene rings is 2. The number of carbonyl (C=O) groups excluding carboxylic acids is 2. The summed E-state index contributed by atoms with van der Waals surface area (Å²) in [4.78, 5) is 27.5. The van der Waals surface area contributed by atoms with Gasteiger partial charge in [0.2, 0.25) is 23.5 Å². The second-order valence-corrected chi connectivity index (χ2v) is 6.13. The summed E-state index contributed by atoms with van der Waals surface area (Å²) in [6, 6.07) is 14.7. The molecule has 7 nitrogen and oxygen atoms in total. The van der Waals surface area contributed by atoms with Gasteiger partial charge in [-0.05, 0) is 36.8 Å². The van der Waals surface area contributed by atoms with E-state index in [1.807, 2.05) is 31.2 Å². The summed E-state index contributed by atoms with van der Waals surface area (Å²) in [5.41, 5.74) is 3.30. The Hall–Kier alpha value is -3.48. The molecule has 2 amide bonds. The van der Waals surface area contributed by atoms with E-state index in [9.17, 15) is 9.59 Å². The minimum Gasteiger partial charge on any atom is -0.339 e. The van der Waals surface area contributed by atoms with Crippen LogP contribution in [0.2, 0.25) is 0 Å². The zero-order valence-corrected chi connectivity index (χ0v) is 15.2. The Morgan fingerprint density at radius 2 is 1.67 bits per heavy atom. The van der Waals surface area contributed by atoms with Crippen LogP contribution in [-0.2, 0) is 16.0 Å². The maximum atomic E-state index is 12.1. The van der Waals surface area contributed by atoms with Gasteiger partial charge in [-0.15, -0.1) is 0 Å². The van der Waals surface area contributed by atoms with E-state index in [1.54, 1.807) is 24.3 Å². The molecule has 3 rings (SSSR count). The van der Waals surface area contributed by atoms with E-state index in [4.69, 9.17) is 4.52 Å². The molecule has 1 aromatic heterocycles. The summed E-state index contributed by atoms with van der Waals surface area (Å²) >= 11 is 0. The fraction of sp³-hybridized carbons (Fsp3) is 0.200. The third-order valence-electron chi connectivity index (χ3n) is 3.91. The molecule has 1 heterocycles. The second-order valence-electron chi connectivity index (χ2n) is 6.13. The molecule has 0 atom stereocenters. The van der Waals surface area contributed by atoms with Gasteiger partial charge in [0.05, 0.1) is 0 Å². The molecule has 138 valence electrons. The Labute approximate surface area is 156 Å². The highest BCUT2D eigenvalue weighted by Gasteiger charge is 2.12. The fourth-order valence-electron chi connectivity index (χ4n) is 2.57. The van der Waals surface area contributed by atoms with E-state index in [-0.39, 0.29) is 18.2 Å². The zero-order chi connectivity index (χ0) is 19.2. The van der Waals surface area contributed by atoms with E-state index >= 15 is 0 Å².